The van der Waals surface area contributed by atoms with E-state index in [1.165, 1.54) is 0 Å². The second-order valence-electron chi connectivity index (χ2n) is 7.43. The summed E-state index contributed by atoms with van der Waals surface area (Å²) in [7, 11) is 5.17. The molecule has 164 valence electrons. The second kappa shape index (κ2) is 9.43. The van der Waals surface area contributed by atoms with Gasteiger partial charge in [-0.15, -0.1) is 0 Å². The smallest absolute Gasteiger partial charge is 0.323 e. The van der Waals surface area contributed by atoms with Gasteiger partial charge in [-0.25, -0.2) is 9.78 Å². The minimum absolute atomic E-state index is 0.329. The highest BCUT2D eigenvalue weighted by atomic mass is 16.5. The van der Waals surface area contributed by atoms with Crippen LogP contribution < -0.4 is 20.1 Å². The third-order valence-corrected chi connectivity index (χ3v) is 5.34. The lowest BCUT2D eigenvalue weighted by molar-refractivity contribution is 0.262. The van der Waals surface area contributed by atoms with E-state index in [0.717, 1.165) is 41.0 Å². The van der Waals surface area contributed by atoms with Crippen LogP contribution in [0.2, 0.25) is 0 Å². The van der Waals surface area contributed by atoms with Gasteiger partial charge in [-0.3, -0.25) is 0 Å². The number of urea groups is 1. The largest absolute Gasteiger partial charge is 0.493 e. The second-order valence-corrected chi connectivity index (χ2v) is 7.43. The third kappa shape index (κ3) is 4.67. The van der Waals surface area contributed by atoms with E-state index in [1.807, 2.05) is 43.4 Å². The molecule has 3 aromatic carbocycles. The molecule has 4 aromatic rings. The summed E-state index contributed by atoms with van der Waals surface area (Å²) in [6.07, 6.45) is 1.64. The first-order chi connectivity index (χ1) is 15.6. The van der Waals surface area contributed by atoms with Gasteiger partial charge in [0.2, 0.25) is 0 Å². The highest BCUT2D eigenvalue weighted by Crippen LogP contribution is 2.29. The summed E-state index contributed by atoms with van der Waals surface area (Å²) in [5.74, 6) is 2.19. The first kappa shape index (κ1) is 21.2. The Bertz CT molecular complexity index is 1250. The van der Waals surface area contributed by atoms with Crippen LogP contribution in [0.25, 0.3) is 11.0 Å². The molecule has 0 aliphatic heterocycles. The van der Waals surface area contributed by atoms with Crippen molar-refractivity contribution in [3.05, 3.63) is 78.1 Å². The van der Waals surface area contributed by atoms with Crippen molar-refractivity contribution >= 4 is 28.4 Å². The normalized spacial score (nSPS) is 10.7. The summed E-state index contributed by atoms with van der Waals surface area (Å²) < 4.78 is 12.6. The SMILES string of the molecule is COc1ccc(NC(=O)Nc2cccc(CCc3nc4ccccc4n3C)c2)cc1OC. The molecule has 0 saturated carbocycles. The van der Waals surface area contributed by atoms with E-state index in [2.05, 4.69) is 27.3 Å². The highest BCUT2D eigenvalue weighted by Gasteiger charge is 2.10. The van der Waals surface area contributed by atoms with Crippen molar-refractivity contribution in [1.29, 1.82) is 0 Å². The minimum Gasteiger partial charge on any atom is -0.493 e. The lowest BCUT2D eigenvalue weighted by atomic mass is 10.1. The van der Waals surface area contributed by atoms with Crippen molar-refractivity contribution in [2.24, 2.45) is 7.05 Å². The Balaban J connectivity index is 1.39. The molecule has 1 heterocycles. The summed E-state index contributed by atoms with van der Waals surface area (Å²) in [5.41, 5.74) is 4.60. The first-order valence-electron chi connectivity index (χ1n) is 10.4. The van der Waals surface area contributed by atoms with Crippen LogP contribution in [-0.2, 0) is 19.9 Å². The number of methoxy groups -OCH3 is 2. The van der Waals surface area contributed by atoms with Gasteiger partial charge in [0, 0.05) is 30.9 Å². The molecular formula is C25H26N4O3. The predicted octanol–water partition coefficient (Wildman–Crippen LogP) is 5.02. The molecule has 0 saturated heterocycles. The fourth-order valence-corrected chi connectivity index (χ4v) is 3.69. The number of imidazole rings is 1. The molecule has 32 heavy (non-hydrogen) atoms. The van der Waals surface area contributed by atoms with Crippen LogP contribution >= 0.6 is 0 Å². The van der Waals surface area contributed by atoms with Gasteiger partial charge in [0.25, 0.3) is 0 Å². The van der Waals surface area contributed by atoms with Crippen molar-refractivity contribution in [3.63, 3.8) is 0 Å². The van der Waals surface area contributed by atoms with E-state index < -0.39 is 0 Å². The predicted molar refractivity (Wildman–Crippen MR) is 127 cm³/mol. The maximum Gasteiger partial charge on any atom is 0.323 e. The molecule has 7 heteroatoms. The maximum atomic E-state index is 12.5. The van der Waals surface area contributed by atoms with Gasteiger partial charge in [-0.05, 0) is 48.4 Å². The van der Waals surface area contributed by atoms with Crippen LogP contribution in [0.5, 0.6) is 11.5 Å². The Morgan fingerprint density at radius 2 is 1.62 bits per heavy atom. The van der Waals surface area contributed by atoms with Crippen molar-refractivity contribution in [3.8, 4) is 11.5 Å². The monoisotopic (exact) mass is 430 g/mol. The van der Waals surface area contributed by atoms with Crippen molar-refractivity contribution in [1.82, 2.24) is 9.55 Å². The Hall–Kier alpha value is -4.00. The topological polar surface area (TPSA) is 77.4 Å². The number of nitrogens with one attached hydrogen (secondary N) is 2. The number of ether oxygens (including phenoxy) is 2. The lowest BCUT2D eigenvalue weighted by Gasteiger charge is -2.12. The number of nitrogens with zero attached hydrogens (tertiary/aromatic N) is 2. The number of para-hydroxylation sites is 2. The Morgan fingerprint density at radius 1 is 0.875 bits per heavy atom. The molecule has 1 aromatic heterocycles. The number of anilines is 2. The van der Waals surface area contributed by atoms with Crippen molar-refractivity contribution < 1.29 is 14.3 Å². The number of carbonyl (C=O) groups is 1. The quantitative estimate of drug-likeness (QED) is 0.432. The number of carbonyl (C=O) groups excluding carboxylic acids is 1. The van der Waals surface area contributed by atoms with Crippen molar-refractivity contribution in [2.45, 2.75) is 12.8 Å². The van der Waals surface area contributed by atoms with Crippen LogP contribution in [0, 0.1) is 0 Å². The van der Waals surface area contributed by atoms with Crippen LogP contribution in [-0.4, -0.2) is 29.8 Å². The summed E-state index contributed by atoms with van der Waals surface area (Å²) in [4.78, 5) is 17.2. The van der Waals surface area contributed by atoms with Gasteiger partial charge < -0.3 is 24.7 Å². The van der Waals surface area contributed by atoms with E-state index in [-0.39, 0.29) is 6.03 Å². The molecule has 0 aliphatic carbocycles. The van der Waals surface area contributed by atoms with E-state index in [4.69, 9.17) is 14.5 Å². The number of aromatic nitrogens is 2. The van der Waals surface area contributed by atoms with E-state index in [1.54, 1.807) is 32.4 Å². The van der Waals surface area contributed by atoms with E-state index >= 15 is 0 Å². The first-order valence-corrected chi connectivity index (χ1v) is 10.4. The third-order valence-electron chi connectivity index (χ3n) is 5.34. The van der Waals surface area contributed by atoms with Gasteiger partial charge in [-0.2, -0.15) is 0 Å². The Morgan fingerprint density at radius 3 is 2.38 bits per heavy atom. The fourth-order valence-electron chi connectivity index (χ4n) is 3.69. The Kier molecular flexibility index (Phi) is 6.26. The molecule has 0 atom stereocenters. The molecule has 0 unspecified atom stereocenters. The summed E-state index contributed by atoms with van der Waals surface area (Å²) >= 11 is 0. The average molecular weight is 431 g/mol. The minimum atomic E-state index is -0.329. The van der Waals surface area contributed by atoms with Crippen LogP contribution in [0.4, 0.5) is 16.2 Å². The molecule has 0 radical (unpaired) electrons. The van der Waals surface area contributed by atoms with Crippen LogP contribution in [0.3, 0.4) is 0 Å². The summed E-state index contributed by atoms with van der Waals surface area (Å²) in [6.45, 7) is 0. The molecule has 0 bridgehead atoms. The van der Waals surface area contributed by atoms with Crippen molar-refractivity contribution in [2.75, 3.05) is 24.9 Å². The van der Waals surface area contributed by atoms with E-state index in [9.17, 15) is 4.79 Å². The molecule has 4 rings (SSSR count). The van der Waals surface area contributed by atoms with Gasteiger partial charge in [0.1, 0.15) is 5.82 Å². The van der Waals surface area contributed by atoms with E-state index in [0.29, 0.717) is 17.2 Å². The highest BCUT2D eigenvalue weighted by molar-refractivity contribution is 6.00. The molecule has 0 spiro atoms. The Labute approximate surface area is 187 Å². The number of benzene rings is 3. The van der Waals surface area contributed by atoms with Gasteiger partial charge in [0.15, 0.2) is 11.5 Å². The summed E-state index contributed by atoms with van der Waals surface area (Å²) in [6, 6.07) is 20.9. The number of rotatable bonds is 7. The molecule has 2 N–H and O–H groups in total. The maximum absolute atomic E-state index is 12.5. The van der Waals surface area contributed by atoms with Crippen LogP contribution in [0.15, 0.2) is 66.7 Å². The fraction of sp³-hybridized carbons (Fsp3) is 0.200. The number of aryl methyl sites for hydroxylation is 3. The average Bonchev–Trinajstić information content (AvgIpc) is 3.13. The zero-order chi connectivity index (χ0) is 22.5. The molecular weight excluding hydrogens is 404 g/mol. The zero-order valence-electron chi connectivity index (χ0n) is 18.4. The zero-order valence-corrected chi connectivity index (χ0v) is 18.4. The van der Waals surface area contributed by atoms with Gasteiger partial charge in [-0.1, -0.05) is 24.3 Å². The molecule has 0 fully saturated rings. The number of hydrogen-bond acceptors (Lipinski definition) is 4. The summed E-state index contributed by atoms with van der Waals surface area (Å²) in [5, 5.41) is 5.70. The number of fused-ring (bicyclic) bond motifs is 1. The van der Waals surface area contributed by atoms with Crippen LogP contribution in [0.1, 0.15) is 11.4 Å². The standard InChI is InChI=1S/C25H26N4O3/c1-29-21-10-5-4-9-20(21)28-24(29)14-11-17-7-6-8-18(15-17)26-25(30)27-19-12-13-22(31-2)23(16-19)32-3/h4-10,12-13,15-16H,11,14H2,1-3H3,(H2,26,27,30). The van der Waals surface area contributed by atoms with Gasteiger partial charge in [0.05, 0.1) is 25.3 Å². The number of hydrogen-bond donors (Lipinski definition) is 2. The molecule has 7 nitrogen and oxygen atoms in total. The van der Waals surface area contributed by atoms with Gasteiger partial charge >= 0.3 is 6.03 Å². The lowest BCUT2D eigenvalue weighted by Crippen LogP contribution is -2.19. The number of amides is 2. The molecule has 0 aliphatic rings. The molecule has 2 amide bonds.